The predicted octanol–water partition coefficient (Wildman–Crippen LogP) is 2.23. The second-order valence-electron chi connectivity index (χ2n) is 5.68. The Morgan fingerprint density at radius 2 is 1.55 bits per heavy atom. The number of anilines is 1. The second-order valence-corrected chi connectivity index (χ2v) is 5.68. The standard InChI is InChI=1S/C18H21N3O/c19-17-8-6-16(7-9-17)18(22)21-12-10-20(11-13-21)14-15-4-2-1-3-5-15/h1-9H,10-14,19H2. The molecule has 0 aromatic heterocycles. The molecule has 22 heavy (non-hydrogen) atoms. The van der Waals surface area contributed by atoms with Gasteiger partial charge in [0.05, 0.1) is 0 Å². The van der Waals surface area contributed by atoms with Crippen LogP contribution < -0.4 is 5.73 Å². The van der Waals surface area contributed by atoms with Gasteiger partial charge in [-0.1, -0.05) is 30.3 Å². The van der Waals surface area contributed by atoms with Gasteiger partial charge in [-0.2, -0.15) is 0 Å². The zero-order valence-corrected chi connectivity index (χ0v) is 12.6. The molecule has 0 saturated carbocycles. The molecule has 1 saturated heterocycles. The molecule has 1 amide bonds. The van der Waals surface area contributed by atoms with Gasteiger partial charge in [0.25, 0.3) is 5.91 Å². The van der Waals surface area contributed by atoms with Crippen LogP contribution in [0.15, 0.2) is 54.6 Å². The van der Waals surface area contributed by atoms with Crippen molar-refractivity contribution in [3.8, 4) is 0 Å². The molecular weight excluding hydrogens is 274 g/mol. The van der Waals surface area contributed by atoms with Crippen LogP contribution in [0.3, 0.4) is 0 Å². The fourth-order valence-electron chi connectivity index (χ4n) is 2.76. The summed E-state index contributed by atoms with van der Waals surface area (Å²) >= 11 is 0. The maximum Gasteiger partial charge on any atom is 0.253 e. The van der Waals surface area contributed by atoms with Crippen molar-refractivity contribution in [2.75, 3.05) is 31.9 Å². The van der Waals surface area contributed by atoms with E-state index < -0.39 is 0 Å². The van der Waals surface area contributed by atoms with Crippen molar-refractivity contribution in [3.05, 3.63) is 65.7 Å². The average molecular weight is 295 g/mol. The van der Waals surface area contributed by atoms with Crippen LogP contribution in [0.1, 0.15) is 15.9 Å². The van der Waals surface area contributed by atoms with E-state index in [9.17, 15) is 4.79 Å². The van der Waals surface area contributed by atoms with E-state index in [-0.39, 0.29) is 5.91 Å². The Morgan fingerprint density at radius 1 is 0.909 bits per heavy atom. The van der Waals surface area contributed by atoms with Crippen LogP contribution in [0.4, 0.5) is 5.69 Å². The Hall–Kier alpha value is -2.33. The van der Waals surface area contributed by atoms with E-state index in [2.05, 4.69) is 29.2 Å². The van der Waals surface area contributed by atoms with Gasteiger partial charge in [-0.05, 0) is 29.8 Å². The lowest BCUT2D eigenvalue weighted by molar-refractivity contribution is 0.0628. The molecule has 114 valence electrons. The van der Waals surface area contributed by atoms with Crippen molar-refractivity contribution in [3.63, 3.8) is 0 Å². The number of hydrogen-bond acceptors (Lipinski definition) is 3. The van der Waals surface area contributed by atoms with Crippen LogP contribution in [0, 0.1) is 0 Å². The van der Waals surface area contributed by atoms with Crippen LogP contribution in [-0.4, -0.2) is 41.9 Å². The lowest BCUT2D eigenvalue weighted by atomic mass is 10.1. The number of nitrogens with two attached hydrogens (primary N) is 1. The first-order chi connectivity index (χ1) is 10.7. The molecule has 1 fully saturated rings. The van der Waals surface area contributed by atoms with E-state index in [1.807, 2.05) is 11.0 Å². The van der Waals surface area contributed by atoms with Crippen molar-refractivity contribution in [2.24, 2.45) is 0 Å². The van der Waals surface area contributed by atoms with Crippen LogP contribution in [0.25, 0.3) is 0 Å². The minimum absolute atomic E-state index is 0.0966. The molecule has 4 nitrogen and oxygen atoms in total. The molecule has 3 rings (SSSR count). The molecule has 0 aliphatic carbocycles. The minimum Gasteiger partial charge on any atom is -0.399 e. The SMILES string of the molecule is Nc1ccc(C(=O)N2CCN(Cc3ccccc3)CC2)cc1. The van der Waals surface area contributed by atoms with Crippen molar-refractivity contribution in [1.29, 1.82) is 0 Å². The Morgan fingerprint density at radius 3 is 2.18 bits per heavy atom. The third-order valence-corrected chi connectivity index (χ3v) is 4.07. The molecule has 0 radical (unpaired) electrons. The van der Waals surface area contributed by atoms with E-state index >= 15 is 0 Å². The van der Waals surface area contributed by atoms with E-state index in [0.29, 0.717) is 11.3 Å². The lowest BCUT2D eigenvalue weighted by Gasteiger charge is -2.34. The summed E-state index contributed by atoms with van der Waals surface area (Å²) < 4.78 is 0. The topological polar surface area (TPSA) is 49.6 Å². The fourth-order valence-corrected chi connectivity index (χ4v) is 2.76. The van der Waals surface area contributed by atoms with Gasteiger partial charge in [0.2, 0.25) is 0 Å². The number of hydrogen-bond donors (Lipinski definition) is 1. The van der Waals surface area contributed by atoms with Crippen molar-refractivity contribution < 1.29 is 4.79 Å². The van der Waals surface area contributed by atoms with Crippen LogP contribution in [0.2, 0.25) is 0 Å². The third-order valence-electron chi connectivity index (χ3n) is 4.07. The summed E-state index contributed by atoms with van der Waals surface area (Å²) in [5.41, 5.74) is 8.38. The summed E-state index contributed by atoms with van der Waals surface area (Å²) in [4.78, 5) is 16.8. The first-order valence-corrected chi connectivity index (χ1v) is 7.63. The van der Waals surface area contributed by atoms with E-state index in [1.54, 1.807) is 24.3 Å². The second kappa shape index (κ2) is 6.62. The molecule has 2 aromatic carbocycles. The molecule has 1 aliphatic rings. The monoisotopic (exact) mass is 295 g/mol. The number of carbonyl (C=O) groups is 1. The Bertz CT molecular complexity index is 617. The summed E-state index contributed by atoms with van der Waals surface area (Å²) in [5.74, 6) is 0.0966. The van der Waals surface area contributed by atoms with Crippen molar-refractivity contribution in [2.45, 2.75) is 6.54 Å². The third kappa shape index (κ3) is 3.46. The van der Waals surface area contributed by atoms with E-state index in [1.165, 1.54) is 5.56 Å². The Labute approximate surface area is 131 Å². The van der Waals surface area contributed by atoms with E-state index in [0.717, 1.165) is 32.7 Å². The van der Waals surface area contributed by atoms with Gasteiger partial charge in [0.15, 0.2) is 0 Å². The molecule has 0 unspecified atom stereocenters. The average Bonchev–Trinajstić information content (AvgIpc) is 2.57. The number of carbonyl (C=O) groups excluding carboxylic acids is 1. The molecule has 4 heteroatoms. The molecule has 1 heterocycles. The summed E-state index contributed by atoms with van der Waals surface area (Å²) in [6, 6.07) is 17.6. The molecule has 0 spiro atoms. The highest BCUT2D eigenvalue weighted by Crippen LogP contribution is 2.13. The maximum absolute atomic E-state index is 12.4. The highest BCUT2D eigenvalue weighted by atomic mass is 16.2. The van der Waals surface area contributed by atoms with Gasteiger partial charge in [-0.25, -0.2) is 0 Å². The number of amides is 1. The van der Waals surface area contributed by atoms with Gasteiger partial charge in [0, 0.05) is 44.0 Å². The summed E-state index contributed by atoms with van der Waals surface area (Å²) in [7, 11) is 0. The highest BCUT2D eigenvalue weighted by molar-refractivity contribution is 5.94. The number of benzene rings is 2. The minimum atomic E-state index is 0.0966. The number of rotatable bonds is 3. The number of nitrogen functional groups attached to an aromatic ring is 1. The van der Waals surface area contributed by atoms with Gasteiger partial charge in [-0.15, -0.1) is 0 Å². The van der Waals surface area contributed by atoms with Gasteiger partial charge in [-0.3, -0.25) is 9.69 Å². The number of piperazine rings is 1. The molecule has 2 N–H and O–H groups in total. The van der Waals surface area contributed by atoms with E-state index in [4.69, 9.17) is 5.73 Å². The predicted molar refractivity (Wildman–Crippen MR) is 88.5 cm³/mol. The van der Waals surface area contributed by atoms with Crippen LogP contribution in [-0.2, 0) is 6.54 Å². The first kappa shape index (κ1) is 14.6. The van der Waals surface area contributed by atoms with Crippen LogP contribution in [0.5, 0.6) is 0 Å². The smallest absolute Gasteiger partial charge is 0.253 e. The zero-order valence-electron chi connectivity index (χ0n) is 12.6. The van der Waals surface area contributed by atoms with Gasteiger partial charge >= 0.3 is 0 Å². The Kier molecular flexibility index (Phi) is 4.39. The fraction of sp³-hybridized carbons (Fsp3) is 0.278. The van der Waals surface area contributed by atoms with Crippen molar-refractivity contribution >= 4 is 11.6 Å². The summed E-state index contributed by atoms with van der Waals surface area (Å²) in [6.45, 7) is 4.32. The molecule has 0 atom stereocenters. The molecule has 2 aromatic rings. The van der Waals surface area contributed by atoms with Gasteiger partial charge < -0.3 is 10.6 Å². The molecular formula is C18H21N3O. The zero-order chi connectivity index (χ0) is 15.4. The quantitative estimate of drug-likeness (QED) is 0.883. The lowest BCUT2D eigenvalue weighted by Crippen LogP contribution is -2.48. The first-order valence-electron chi connectivity index (χ1n) is 7.63. The van der Waals surface area contributed by atoms with Crippen molar-refractivity contribution in [1.82, 2.24) is 9.80 Å². The molecule has 0 bridgehead atoms. The van der Waals surface area contributed by atoms with Crippen LogP contribution >= 0.6 is 0 Å². The normalized spacial score (nSPS) is 15.7. The summed E-state index contributed by atoms with van der Waals surface area (Å²) in [5, 5.41) is 0. The van der Waals surface area contributed by atoms with Gasteiger partial charge in [0.1, 0.15) is 0 Å². The maximum atomic E-state index is 12.4. The highest BCUT2D eigenvalue weighted by Gasteiger charge is 2.21. The molecule has 1 aliphatic heterocycles. The number of nitrogens with zero attached hydrogens (tertiary/aromatic N) is 2. The summed E-state index contributed by atoms with van der Waals surface area (Å²) in [6.07, 6.45) is 0. The largest absolute Gasteiger partial charge is 0.399 e. The Balaban J connectivity index is 1.55.